The predicted molar refractivity (Wildman–Crippen MR) is 65.5 cm³/mol. The molecule has 1 aromatic heterocycles. The first-order valence-corrected chi connectivity index (χ1v) is 6.94. The molecule has 0 radical (unpaired) electrons. The summed E-state index contributed by atoms with van der Waals surface area (Å²) >= 11 is 5.45. The minimum Gasteiger partial charge on any atom is -0.345 e. The molecule has 1 aromatic rings. The lowest BCUT2D eigenvalue weighted by molar-refractivity contribution is -0.128. The van der Waals surface area contributed by atoms with Gasteiger partial charge in [0.1, 0.15) is 4.90 Å². The largest absolute Gasteiger partial charge is 0.345 e. The van der Waals surface area contributed by atoms with Crippen LogP contribution in [0, 0.1) is 0 Å². The van der Waals surface area contributed by atoms with E-state index in [2.05, 4.69) is 14.7 Å². The number of amides is 1. The summed E-state index contributed by atoms with van der Waals surface area (Å²) in [5.74, 6) is -0.323. The van der Waals surface area contributed by atoms with E-state index < -0.39 is 10.0 Å². The van der Waals surface area contributed by atoms with Gasteiger partial charge in [0.25, 0.3) is 0 Å². The molecule has 0 spiro atoms. The maximum absolute atomic E-state index is 11.8. The number of aromatic nitrogens is 2. The molecular formula is C9H13ClN4O3S. The minimum atomic E-state index is -3.79. The van der Waals surface area contributed by atoms with E-state index in [-0.39, 0.29) is 22.6 Å². The zero-order valence-electron chi connectivity index (χ0n) is 9.92. The van der Waals surface area contributed by atoms with E-state index in [1.807, 2.05) is 0 Å². The number of hydrogen-bond donors (Lipinski definition) is 1. The first kappa shape index (κ1) is 14.8. The summed E-state index contributed by atoms with van der Waals surface area (Å²) in [6, 6.07) is 0. The first-order valence-electron chi connectivity index (χ1n) is 5.08. The Labute approximate surface area is 110 Å². The number of nitrogens with one attached hydrogen (secondary N) is 1. The summed E-state index contributed by atoms with van der Waals surface area (Å²) < 4.78 is 25.7. The van der Waals surface area contributed by atoms with Gasteiger partial charge in [-0.05, 0) is 18.5 Å². The third-order valence-corrected chi connectivity index (χ3v) is 3.77. The highest BCUT2D eigenvalue weighted by atomic mass is 35.5. The van der Waals surface area contributed by atoms with Gasteiger partial charge in [-0.15, -0.1) is 0 Å². The zero-order valence-corrected chi connectivity index (χ0v) is 11.5. The van der Waals surface area contributed by atoms with E-state index in [0.717, 1.165) is 12.4 Å². The molecule has 0 aliphatic rings. The highest BCUT2D eigenvalue weighted by Crippen LogP contribution is 2.07. The highest BCUT2D eigenvalue weighted by molar-refractivity contribution is 7.89. The lowest BCUT2D eigenvalue weighted by atomic mass is 10.5. The van der Waals surface area contributed by atoms with Gasteiger partial charge in [0.05, 0.1) is 18.9 Å². The fourth-order valence-corrected chi connectivity index (χ4v) is 1.95. The third-order valence-electron chi connectivity index (χ3n) is 2.22. The molecule has 100 valence electrons. The molecule has 1 rings (SSSR count). The van der Waals surface area contributed by atoms with E-state index >= 15 is 0 Å². The maximum Gasteiger partial charge on any atom is 0.244 e. The molecule has 0 unspecified atom stereocenters. The van der Waals surface area contributed by atoms with Crippen LogP contribution in [0.4, 0.5) is 0 Å². The number of likely N-dealkylation sites (N-methyl/N-ethyl adjacent to an activating group) is 1. The van der Waals surface area contributed by atoms with Gasteiger partial charge in [-0.1, -0.05) is 0 Å². The molecule has 0 atom stereocenters. The number of rotatable bonds is 5. The minimum absolute atomic E-state index is 0.0456. The van der Waals surface area contributed by atoms with Gasteiger partial charge in [-0.2, -0.15) is 0 Å². The Hall–Kier alpha value is -1.25. The quantitative estimate of drug-likeness (QED) is 0.764. The van der Waals surface area contributed by atoms with Crippen molar-refractivity contribution in [2.75, 3.05) is 20.1 Å². The molecule has 0 aromatic carbocycles. The van der Waals surface area contributed by atoms with Crippen LogP contribution in [-0.2, 0) is 14.8 Å². The molecule has 9 heteroatoms. The van der Waals surface area contributed by atoms with Crippen molar-refractivity contribution in [3.8, 4) is 0 Å². The first-order chi connectivity index (χ1) is 8.36. The SMILES string of the molecule is CCN(C)C(=O)CNS(=O)(=O)c1cnc(Cl)nc1. The Balaban J connectivity index is 2.71. The van der Waals surface area contributed by atoms with E-state index in [0.29, 0.717) is 6.54 Å². The number of hydrogen-bond acceptors (Lipinski definition) is 5. The maximum atomic E-state index is 11.8. The van der Waals surface area contributed by atoms with Crippen molar-refractivity contribution in [2.24, 2.45) is 0 Å². The fourth-order valence-electron chi connectivity index (χ4n) is 0.991. The zero-order chi connectivity index (χ0) is 13.8. The Bertz CT molecular complexity index is 517. The Kier molecular flexibility index (Phi) is 5.00. The van der Waals surface area contributed by atoms with E-state index in [4.69, 9.17) is 11.6 Å². The molecule has 0 aliphatic carbocycles. The van der Waals surface area contributed by atoms with E-state index in [9.17, 15) is 13.2 Å². The molecule has 1 heterocycles. The van der Waals surface area contributed by atoms with Crippen LogP contribution in [0.15, 0.2) is 17.3 Å². The topological polar surface area (TPSA) is 92.3 Å². The molecule has 0 bridgehead atoms. The number of nitrogens with zero attached hydrogens (tertiary/aromatic N) is 3. The summed E-state index contributed by atoms with van der Waals surface area (Å²) in [7, 11) is -2.21. The number of carbonyl (C=O) groups is 1. The average molecular weight is 293 g/mol. The van der Waals surface area contributed by atoms with Crippen LogP contribution < -0.4 is 4.72 Å². The van der Waals surface area contributed by atoms with Crippen molar-refractivity contribution < 1.29 is 13.2 Å². The van der Waals surface area contributed by atoms with Crippen molar-refractivity contribution in [3.63, 3.8) is 0 Å². The molecule has 18 heavy (non-hydrogen) atoms. The molecule has 1 amide bonds. The van der Waals surface area contributed by atoms with Crippen LogP contribution in [0.2, 0.25) is 5.28 Å². The average Bonchev–Trinajstić information content (AvgIpc) is 2.35. The highest BCUT2D eigenvalue weighted by Gasteiger charge is 2.17. The van der Waals surface area contributed by atoms with Gasteiger partial charge in [0.2, 0.25) is 21.2 Å². The Morgan fingerprint density at radius 3 is 2.50 bits per heavy atom. The summed E-state index contributed by atoms with van der Waals surface area (Å²) in [4.78, 5) is 19.8. The molecule has 7 nitrogen and oxygen atoms in total. The van der Waals surface area contributed by atoms with Crippen molar-refractivity contribution in [3.05, 3.63) is 17.7 Å². The van der Waals surface area contributed by atoms with Crippen LogP contribution in [0.1, 0.15) is 6.92 Å². The number of halogens is 1. The van der Waals surface area contributed by atoms with Gasteiger partial charge in [0, 0.05) is 13.6 Å². The fraction of sp³-hybridized carbons (Fsp3) is 0.444. The van der Waals surface area contributed by atoms with E-state index in [1.54, 1.807) is 14.0 Å². The van der Waals surface area contributed by atoms with Gasteiger partial charge in [0.15, 0.2) is 0 Å². The smallest absolute Gasteiger partial charge is 0.244 e. The summed E-state index contributed by atoms with van der Waals surface area (Å²) in [5, 5.41) is -0.0456. The second kappa shape index (κ2) is 6.07. The van der Waals surface area contributed by atoms with Crippen molar-refractivity contribution >= 4 is 27.5 Å². The Morgan fingerprint density at radius 2 is 2.00 bits per heavy atom. The van der Waals surface area contributed by atoms with Gasteiger partial charge < -0.3 is 4.90 Å². The number of carbonyl (C=O) groups excluding carboxylic acids is 1. The van der Waals surface area contributed by atoms with Crippen LogP contribution in [0.25, 0.3) is 0 Å². The van der Waals surface area contributed by atoms with Crippen LogP contribution in [0.5, 0.6) is 0 Å². The Morgan fingerprint density at radius 1 is 1.44 bits per heavy atom. The monoisotopic (exact) mass is 292 g/mol. The summed E-state index contributed by atoms with van der Waals surface area (Å²) in [5.41, 5.74) is 0. The van der Waals surface area contributed by atoms with E-state index in [1.165, 1.54) is 4.90 Å². The van der Waals surface area contributed by atoms with Crippen LogP contribution >= 0.6 is 11.6 Å². The lowest BCUT2D eigenvalue weighted by Gasteiger charge is -2.14. The van der Waals surface area contributed by atoms with Gasteiger partial charge in [-0.3, -0.25) is 4.79 Å². The number of sulfonamides is 1. The molecule has 0 aliphatic heterocycles. The van der Waals surface area contributed by atoms with Crippen molar-refractivity contribution in [1.29, 1.82) is 0 Å². The van der Waals surface area contributed by atoms with Crippen molar-refractivity contribution in [1.82, 2.24) is 19.6 Å². The molecule has 0 saturated heterocycles. The second-order valence-corrected chi connectivity index (χ2v) is 5.53. The standard InChI is InChI=1S/C9H13ClN4O3S/c1-3-14(2)8(15)6-13-18(16,17)7-4-11-9(10)12-5-7/h4-5,13H,3,6H2,1-2H3. The normalized spacial score (nSPS) is 11.3. The van der Waals surface area contributed by atoms with Gasteiger partial charge >= 0.3 is 0 Å². The van der Waals surface area contributed by atoms with Gasteiger partial charge in [-0.25, -0.2) is 23.1 Å². The summed E-state index contributed by atoms with van der Waals surface area (Å²) in [6.45, 7) is 1.99. The van der Waals surface area contributed by atoms with Crippen LogP contribution in [-0.4, -0.2) is 49.3 Å². The van der Waals surface area contributed by atoms with Crippen molar-refractivity contribution in [2.45, 2.75) is 11.8 Å². The third kappa shape index (κ3) is 3.90. The predicted octanol–water partition coefficient (Wildman–Crippen LogP) is -0.113. The second-order valence-electron chi connectivity index (χ2n) is 3.42. The lowest BCUT2D eigenvalue weighted by Crippen LogP contribution is -2.38. The molecule has 0 saturated carbocycles. The molecular weight excluding hydrogens is 280 g/mol. The molecule has 1 N–H and O–H groups in total. The summed E-state index contributed by atoms with van der Waals surface area (Å²) in [6.07, 6.45) is 2.15. The van der Waals surface area contributed by atoms with Crippen LogP contribution in [0.3, 0.4) is 0 Å². The molecule has 0 fully saturated rings.